The molecule has 0 spiro atoms. The van der Waals surface area contributed by atoms with Gasteiger partial charge in [0.25, 0.3) is 5.91 Å². The van der Waals surface area contributed by atoms with Gasteiger partial charge in [-0.25, -0.2) is 0 Å². The fraction of sp³-hybridized carbons (Fsp3) is 0.235. The third-order valence-electron chi connectivity index (χ3n) is 3.53. The minimum atomic E-state index is -4.73. The fourth-order valence-corrected chi connectivity index (χ4v) is 2.38. The second-order valence-electron chi connectivity index (χ2n) is 5.67. The smallest absolute Gasteiger partial charge is 0.418 e. The summed E-state index contributed by atoms with van der Waals surface area (Å²) in [7, 11) is 0. The summed E-state index contributed by atoms with van der Waals surface area (Å²) < 4.78 is 44.6. The molecule has 0 radical (unpaired) electrons. The SMILES string of the molecule is Cc1ccc(O[C@@H](C)C(=O)Nc2ccc(Cl)cc2C(F)(F)F)c([N+](=O)[O-])c1. The highest BCUT2D eigenvalue weighted by Crippen LogP contribution is 2.36. The summed E-state index contributed by atoms with van der Waals surface area (Å²) in [5.41, 5.74) is -1.35. The average Bonchev–Trinajstić information content (AvgIpc) is 2.56. The van der Waals surface area contributed by atoms with E-state index in [9.17, 15) is 28.1 Å². The number of aryl methyl sites for hydroxylation is 1. The molecule has 27 heavy (non-hydrogen) atoms. The zero-order chi connectivity index (χ0) is 20.4. The van der Waals surface area contributed by atoms with Crippen molar-refractivity contribution in [3.63, 3.8) is 0 Å². The Kier molecular flexibility index (Phi) is 5.94. The Balaban J connectivity index is 2.22. The van der Waals surface area contributed by atoms with E-state index in [4.69, 9.17) is 16.3 Å². The van der Waals surface area contributed by atoms with Gasteiger partial charge in [-0.3, -0.25) is 14.9 Å². The topological polar surface area (TPSA) is 81.5 Å². The number of benzene rings is 2. The number of nitro benzene ring substituents is 1. The zero-order valence-corrected chi connectivity index (χ0v) is 14.9. The Morgan fingerprint density at radius 1 is 1.26 bits per heavy atom. The van der Waals surface area contributed by atoms with Crippen LogP contribution >= 0.6 is 11.6 Å². The number of rotatable bonds is 5. The van der Waals surface area contributed by atoms with Crippen LogP contribution in [0.15, 0.2) is 36.4 Å². The Bertz CT molecular complexity index is 887. The molecule has 0 heterocycles. The summed E-state index contributed by atoms with van der Waals surface area (Å²) in [6, 6.07) is 7.04. The Morgan fingerprint density at radius 2 is 1.93 bits per heavy atom. The molecule has 0 unspecified atom stereocenters. The second-order valence-corrected chi connectivity index (χ2v) is 6.10. The third-order valence-corrected chi connectivity index (χ3v) is 3.76. The van der Waals surface area contributed by atoms with Crippen molar-refractivity contribution in [1.82, 2.24) is 0 Å². The molecule has 2 aromatic rings. The minimum Gasteiger partial charge on any atom is -0.474 e. The summed E-state index contributed by atoms with van der Waals surface area (Å²) >= 11 is 5.59. The molecule has 0 saturated heterocycles. The normalized spacial score (nSPS) is 12.4. The summed E-state index contributed by atoms with van der Waals surface area (Å²) in [5.74, 6) is -1.07. The number of hydrogen-bond donors (Lipinski definition) is 1. The maximum Gasteiger partial charge on any atom is 0.418 e. The van der Waals surface area contributed by atoms with Gasteiger partial charge in [0.1, 0.15) is 0 Å². The molecule has 0 aliphatic carbocycles. The number of carbonyl (C=O) groups is 1. The largest absolute Gasteiger partial charge is 0.474 e. The van der Waals surface area contributed by atoms with Crippen LogP contribution in [0.1, 0.15) is 18.1 Å². The van der Waals surface area contributed by atoms with Gasteiger partial charge in [-0.2, -0.15) is 13.2 Å². The van der Waals surface area contributed by atoms with Gasteiger partial charge < -0.3 is 10.1 Å². The van der Waals surface area contributed by atoms with E-state index >= 15 is 0 Å². The van der Waals surface area contributed by atoms with Crippen LogP contribution in [0.3, 0.4) is 0 Å². The number of carbonyl (C=O) groups excluding carboxylic acids is 1. The lowest BCUT2D eigenvalue weighted by Crippen LogP contribution is -2.31. The fourth-order valence-electron chi connectivity index (χ4n) is 2.21. The van der Waals surface area contributed by atoms with E-state index in [1.54, 1.807) is 13.0 Å². The van der Waals surface area contributed by atoms with Crippen LogP contribution in [0.5, 0.6) is 5.75 Å². The molecular weight excluding hydrogens is 389 g/mol. The first-order valence-electron chi connectivity index (χ1n) is 7.58. The maximum atomic E-state index is 13.1. The molecule has 2 rings (SSSR count). The predicted molar refractivity (Wildman–Crippen MR) is 93.0 cm³/mol. The summed E-state index contributed by atoms with van der Waals surface area (Å²) in [4.78, 5) is 22.6. The number of nitrogens with one attached hydrogen (secondary N) is 1. The number of nitrogens with zero attached hydrogens (tertiary/aromatic N) is 1. The third kappa shape index (κ3) is 5.10. The van der Waals surface area contributed by atoms with Gasteiger partial charge in [-0.15, -0.1) is 0 Å². The molecule has 0 aromatic heterocycles. The number of alkyl halides is 3. The van der Waals surface area contributed by atoms with E-state index < -0.39 is 34.4 Å². The lowest BCUT2D eigenvalue weighted by molar-refractivity contribution is -0.386. The monoisotopic (exact) mass is 402 g/mol. The standard InChI is InChI=1S/C17H14ClF3N2O4/c1-9-3-6-15(14(7-9)23(25)26)27-10(2)16(24)22-13-5-4-11(18)8-12(13)17(19,20)21/h3-8,10H,1-2H3,(H,22,24)/t10-/m0/s1. The lowest BCUT2D eigenvalue weighted by Gasteiger charge is -2.18. The summed E-state index contributed by atoms with van der Waals surface area (Å²) in [6.07, 6.45) is -6.02. The first kappa shape index (κ1) is 20.5. The number of hydrogen-bond acceptors (Lipinski definition) is 4. The van der Waals surface area contributed by atoms with E-state index in [1.807, 2.05) is 0 Å². The average molecular weight is 403 g/mol. The minimum absolute atomic E-state index is 0.139. The Labute approximate surface area is 157 Å². The molecule has 10 heteroatoms. The van der Waals surface area contributed by atoms with Crippen LogP contribution < -0.4 is 10.1 Å². The number of halogens is 4. The molecule has 144 valence electrons. The molecule has 0 aliphatic rings. The molecule has 0 bridgehead atoms. The van der Waals surface area contributed by atoms with Gasteiger partial charge in [0.15, 0.2) is 11.9 Å². The van der Waals surface area contributed by atoms with Crippen LogP contribution in [-0.4, -0.2) is 16.9 Å². The molecule has 1 amide bonds. The molecule has 0 fully saturated rings. The Morgan fingerprint density at radius 3 is 2.52 bits per heavy atom. The highest BCUT2D eigenvalue weighted by Gasteiger charge is 2.34. The Hall–Kier alpha value is -2.81. The maximum absolute atomic E-state index is 13.1. The predicted octanol–water partition coefficient (Wildman–Crippen LogP) is 4.98. The molecule has 2 aromatic carbocycles. The highest BCUT2D eigenvalue weighted by molar-refractivity contribution is 6.30. The molecule has 6 nitrogen and oxygen atoms in total. The van der Waals surface area contributed by atoms with Crippen molar-refractivity contribution in [2.24, 2.45) is 0 Å². The van der Waals surface area contributed by atoms with Crippen LogP contribution in [0.2, 0.25) is 5.02 Å². The number of ether oxygens (including phenoxy) is 1. The molecule has 0 aliphatic heterocycles. The zero-order valence-electron chi connectivity index (χ0n) is 14.1. The molecule has 1 atom stereocenters. The van der Waals surface area contributed by atoms with E-state index in [0.717, 1.165) is 6.07 Å². The summed E-state index contributed by atoms with van der Waals surface area (Å²) in [6.45, 7) is 2.91. The van der Waals surface area contributed by atoms with Gasteiger partial charge in [-0.1, -0.05) is 17.7 Å². The van der Waals surface area contributed by atoms with Crippen molar-refractivity contribution in [2.75, 3.05) is 5.32 Å². The van der Waals surface area contributed by atoms with E-state index in [2.05, 4.69) is 5.32 Å². The van der Waals surface area contributed by atoms with Crippen molar-refractivity contribution in [3.8, 4) is 5.75 Å². The first-order chi connectivity index (χ1) is 12.5. The van der Waals surface area contributed by atoms with E-state index in [-0.39, 0.29) is 16.5 Å². The van der Waals surface area contributed by atoms with Crippen molar-refractivity contribution < 1.29 is 27.6 Å². The van der Waals surface area contributed by atoms with Crippen molar-refractivity contribution >= 4 is 28.9 Å². The van der Waals surface area contributed by atoms with E-state index in [0.29, 0.717) is 11.6 Å². The molecule has 0 saturated carbocycles. The molecule has 1 N–H and O–H groups in total. The number of nitro groups is 1. The van der Waals surface area contributed by atoms with Crippen LogP contribution in [0, 0.1) is 17.0 Å². The lowest BCUT2D eigenvalue weighted by atomic mass is 10.1. The van der Waals surface area contributed by atoms with E-state index in [1.165, 1.54) is 25.1 Å². The van der Waals surface area contributed by atoms with Crippen molar-refractivity contribution in [3.05, 3.63) is 62.7 Å². The number of anilines is 1. The van der Waals surface area contributed by atoms with Crippen LogP contribution in [0.4, 0.5) is 24.5 Å². The van der Waals surface area contributed by atoms with Gasteiger partial charge >= 0.3 is 11.9 Å². The highest BCUT2D eigenvalue weighted by atomic mass is 35.5. The van der Waals surface area contributed by atoms with Gasteiger partial charge in [-0.05, 0) is 43.7 Å². The first-order valence-corrected chi connectivity index (χ1v) is 7.96. The second kappa shape index (κ2) is 7.83. The quantitative estimate of drug-likeness (QED) is 0.564. The summed E-state index contributed by atoms with van der Waals surface area (Å²) in [5, 5.41) is 13.1. The van der Waals surface area contributed by atoms with Crippen LogP contribution in [-0.2, 0) is 11.0 Å². The number of amides is 1. The van der Waals surface area contributed by atoms with Crippen molar-refractivity contribution in [1.29, 1.82) is 0 Å². The van der Waals surface area contributed by atoms with Gasteiger partial charge in [0, 0.05) is 11.1 Å². The molecular formula is C17H14ClF3N2O4. The van der Waals surface area contributed by atoms with Gasteiger partial charge in [0.2, 0.25) is 0 Å². The van der Waals surface area contributed by atoms with Crippen LogP contribution in [0.25, 0.3) is 0 Å². The van der Waals surface area contributed by atoms with Gasteiger partial charge in [0.05, 0.1) is 16.2 Å². The van der Waals surface area contributed by atoms with Crippen molar-refractivity contribution in [2.45, 2.75) is 26.1 Å².